The van der Waals surface area contributed by atoms with Crippen LogP contribution in [0, 0.1) is 6.92 Å². The molecule has 0 saturated heterocycles. The van der Waals surface area contributed by atoms with E-state index in [1.165, 1.54) is 6.07 Å². The fourth-order valence-electron chi connectivity index (χ4n) is 1.64. The number of hydrogen-bond donors (Lipinski definition) is 1. The molecule has 0 radical (unpaired) electrons. The van der Waals surface area contributed by atoms with Gasteiger partial charge in [0.1, 0.15) is 23.9 Å². The van der Waals surface area contributed by atoms with Gasteiger partial charge in [0.05, 0.1) is 7.11 Å². The summed E-state index contributed by atoms with van der Waals surface area (Å²) in [6, 6.07) is 8.49. The first kappa shape index (κ1) is 13.0. The van der Waals surface area contributed by atoms with Crippen molar-refractivity contribution in [3.63, 3.8) is 0 Å². The first-order valence-electron chi connectivity index (χ1n) is 5.69. The van der Waals surface area contributed by atoms with Crippen molar-refractivity contribution in [2.45, 2.75) is 13.5 Å². The van der Waals surface area contributed by atoms with E-state index in [0.29, 0.717) is 17.3 Å². The van der Waals surface area contributed by atoms with Gasteiger partial charge in [-0.1, -0.05) is 0 Å². The zero-order valence-corrected chi connectivity index (χ0v) is 10.7. The summed E-state index contributed by atoms with van der Waals surface area (Å²) >= 11 is 0. The standard InChI is InChI=1S/C14H14O5/c1-9-5-11(17-2)7-12(6-9)18-8-10-3-4-13(19-10)14(15)16/h3-7H,8H2,1-2H3,(H,15,16). The van der Waals surface area contributed by atoms with Crippen molar-refractivity contribution in [1.29, 1.82) is 0 Å². The average molecular weight is 262 g/mol. The van der Waals surface area contributed by atoms with Crippen molar-refractivity contribution in [2.75, 3.05) is 7.11 Å². The smallest absolute Gasteiger partial charge is 0.371 e. The van der Waals surface area contributed by atoms with Gasteiger partial charge in [-0.25, -0.2) is 4.79 Å². The number of aryl methyl sites for hydroxylation is 1. The molecule has 0 aliphatic carbocycles. The van der Waals surface area contributed by atoms with Crippen LogP contribution in [0.2, 0.25) is 0 Å². The third-order valence-corrected chi connectivity index (χ3v) is 2.51. The minimum absolute atomic E-state index is 0.0968. The maximum atomic E-state index is 10.7. The van der Waals surface area contributed by atoms with Gasteiger partial charge < -0.3 is 19.0 Å². The van der Waals surface area contributed by atoms with Crippen LogP contribution >= 0.6 is 0 Å². The lowest BCUT2D eigenvalue weighted by Crippen LogP contribution is -1.96. The number of carbonyl (C=O) groups is 1. The molecule has 5 heteroatoms. The van der Waals surface area contributed by atoms with Gasteiger partial charge in [-0.15, -0.1) is 0 Å². The molecule has 0 aliphatic heterocycles. The quantitative estimate of drug-likeness (QED) is 0.897. The zero-order chi connectivity index (χ0) is 13.8. The molecule has 0 unspecified atom stereocenters. The lowest BCUT2D eigenvalue weighted by Gasteiger charge is -2.08. The van der Waals surface area contributed by atoms with Crippen LogP contribution in [0.15, 0.2) is 34.7 Å². The van der Waals surface area contributed by atoms with Crippen LogP contribution in [0.3, 0.4) is 0 Å². The Labute approximate surface area is 110 Å². The molecule has 0 aliphatic rings. The number of benzene rings is 1. The number of methoxy groups -OCH3 is 1. The summed E-state index contributed by atoms with van der Waals surface area (Å²) in [6.07, 6.45) is 0. The van der Waals surface area contributed by atoms with Gasteiger partial charge in [-0.2, -0.15) is 0 Å². The molecular weight excluding hydrogens is 248 g/mol. The lowest BCUT2D eigenvalue weighted by molar-refractivity contribution is 0.0658. The Balaban J connectivity index is 2.05. The van der Waals surface area contributed by atoms with E-state index >= 15 is 0 Å². The average Bonchev–Trinajstić information content (AvgIpc) is 2.84. The molecule has 5 nitrogen and oxygen atoms in total. The number of carboxylic acid groups (broad SMARTS) is 1. The number of ether oxygens (including phenoxy) is 2. The summed E-state index contributed by atoms with van der Waals surface area (Å²) in [5.74, 6) is 0.618. The second-order valence-corrected chi connectivity index (χ2v) is 4.05. The first-order chi connectivity index (χ1) is 9.08. The van der Waals surface area contributed by atoms with E-state index in [1.54, 1.807) is 19.2 Å². The van der Waals surface area contributed by atoms with Gasteiger partial charge >= 0.3 is 5.97 Å². The highest BCUT2D eigenvalue weighted by atomic mass is 16.5. The third-order valence-electron chi connectivity index (χ3n) is 2.51. The van der Waals surface area contributed by atoms with Crippen LogP contribution in [-0.2, 0) is 6.61 Å². The van der Waals surface area contributed by atoms with E-state index < -0.39 is 5.97 Å². The van der Waals surface area contributed by atoms with Crippen LogP contribution < -0.4 is 9.47 Å². The molecular formula is C14H14O5. The van der Waals surface area contributed by atoms with Crippen LogP contribution in [0.5, 0.6) is 11.5 Å². The number of rotatable bonds is 5. The molecule has 0 atom stereocenters. The van der Waals surface area contributed by atoms with E-state index in [2.05, 4.69) is 0 Å². The fourth-order valence-corrected chi connectivity index (χ4v) is 1.64. The van der Waals surface area contributed by atoms with Gasteiger partial charge in [0.15, 0.2) is 0 Å². The molecule has 0 bridgehead atoms. The van der Waals surface area contributed by atoms with Gasteiger partial charge in [-0.3, -0.25) is 0 Å². The summed E-state index contributed by atoms with van der Waals surface area (Å²) in [5, 5.41) is 8.74. The summed E-state index contributed by atoms with van der Waals surface area (Å²) in [7, 11) is 1.59. The summed E-state index contributed by atoms with van der Waals surface area (Å²) in [4.78, 5) is 10.7. The maximum absolute atomic E-state index is 10.7. The normalized spacial score (nSPS) is 10.2. The molecule has 1 heterocycles. The van der Waals surface area contributed by atoms with Gasteiger partial charge in [0.2, 0.25) is 5.76 Å². The van der Waals surface area contributed by atoms with Crippen LogP contribution in [0.1, 0.15) is 21.9 Å². The first-order valence-corrected chi connectivity index (χ1v) is 5.69. The number of hydrogen-bond acceptors (Lipinski definition) is 4. The van der Waals surface area contributed by atoms with Crippen LogP contribution in [-0.4, -0.2) is 18.2 Å². The summed E-state index contributed by atoms with van der Waals surface area (Å²) < 4.78 is 15.8. The van der Waals surface area contributed by atoms with Crippen molar-refractivity contribution >= 4 is 5.97 Å². The Kier molecular flexibility index (Phi) is 3.75. The largest absolute Gasteiger partial charge is 0.497 e. The Morgan fingerprint density at radius 1 is 1.26 bits per heavy atom. The molecule has 0 fully saturated rings. The van der Waals surface area contributed by atoms with Gasteiger partial charge in [0, 0.05) is 6.07 Å². The van der Waals surface area contributed by atoms with Gasteiger partial charge in [-0.05, 0) is 36.8 Å². The highest BCUT2D eigenvalue weighted by molar-refractivity contribution is 5.84. The van der Waals surface area contributed by atoms with Gasteiger partial charge in [0.25, 0.3) is 0 Å². The molecule has 2 rings (SSSR count). The zero-order valence-electron chi connectivity index (χ0n) is 10.7. The van der Waals surface area contributed by atoms with Crippen LogP contribution in [0.25, 0.3) is 0 Å². The summed E-state index contributed by atoms with van der Waals surface area (Å²) in [5.41, 5.74) is 1.01. The maximum Gasteiger partial charge on any atom is 0.371 e. The van der Waals surface area contributed by atoms with E-state index in [4.69, 9.17) is 19.0 Å². The monoisotopic (exact) mass is 262 g/mol. The van der Waals surface area contributed by atoms with E-state index in [-0.39, 0.29) is 12.4 Å². The topological polar surface area (TPSA) is 68.9 Å². The highest BCUT2D eigenvalue weighted by Crippen LogP contribution is 2.23. The number of aromatic carboxylic acids is 1. The molecule has 100 valence electrons. The van der Waals surface area contributed by atoms with Crippen molar-refractivity contribution in [1.82, 2.24) is 0 Å². The predicted molar refractivity (Wildman–Crippen MR) is 67.7 cm³/mol. The second-order valence-electron chi connectivity index (χ2n) is 4.05. The Morgan fingerprint density at radius 3 is 2.63 bits per heavy atom. The van der Waals surface area contributed by atoms with Crippen molar-refractivity contribution in [3.05, 3.63) is 47.4 Å². The number of furan rings is 1. The minimum Gasteiger partial charge on any atom is -0.497 e. The van der Waals surface area contributed by atoms with E-state index in [0.717, 1.165) is 5.56 Å². The Bertz CT molecular complexity index is 585. The lowest BCUT2D eigenvalue weighted by atomic mass is 10.2. The van der Waals surface area contributed by atoms with Crippen molar-refractivity contribution < 1.29 is 23.8 Å². The van der Waals surface area contributed by atoms with Crippen molar-refractivity contribution in [2.24, 2.45) is 0 Å². The molecule has 2 aromatic rings. The highest BCUT2D eigenvalue weighted by Gasteiger charge is 2.09. The number of carboxylic acids is 1. The molecule has 0 amide bonds. The Hall–Kier alpha value is -2.43. The fraction of sp³-hybridized carbons (Fsp3) is 0.214. The Morgan fingerprint density at radius 2 is 2.00 bits per heavy atom. The molecule has 1 aromatic carbocycles. The molecule has 19 heavy (non-hydrogen) atoms. The molecule has 0 spiro atoms. The molecule has 1 aromatic heterocycles. The van der Waals surface area contributed by atoms with E-state index in [9.17, 15) is 4.79 Å². The van der Waals surface area contributed by atoms with Crippen LogP contribution in [0.4, 0.5) is 0 Å². The summed E-state index contributed by atoms with van der Waals surface area (Å²) in [6.45, 7) is 2.10. The third kappa shape index (κ3) is 3.28. The predicted octanol–water partition coefficient (Wildman–Crippen LogP) is 2.87. The minimum atomic E-state index is -1.09. The van der Waals surface area contributed by atoms with Crippen molar-refractivity contribution in [3.8, 4) is 11.5 Å². The molecule has 0 saturated carbocycles. The van der Waals surface area contributed by atoms with E-state index in [1.807, 2.05) is 19.1 Å². The second kappa shape index (κ2) is 5.48. The molecule has 1 N–H and O–H groups in total. The SMILES string of the molecule is COc1cc(C)cc(OCc2ccc(C(=O)O)o2)c1.